The standard InChI is InChI=1S/C19H17ClN2O4/c1-3-22-14-7-5-4-6-12(14)17(23)16(19(22)25)18(24)21-13-9-8-11(20)10-15(13)26-2/h4-10,23H,3H2,1-2H3,(H,21,24). The number of fused-ring (bicyclic) bond motifs is 1. The Balaban J connectivity index is 2.14. The molecule has 0 saturated heterocycles. The first-order chi connectivity index (χ1) is 12.5. The Hall–Kier alpha value is -2.99. The van der Waals surface area contributed by atoms with Crippen molar-refractivity contribution in [1.82, 2.24) is 4.57 Å². The molecule has 0 aliphatic carbocycles. The summed E-state index contributed by atoms with van der Waals surface area (Å²) >= 11 is 5.92. The fourth-order valence-corrected chi connectivity index (χ4v) is 3.02. The molecule has 2 N–H and O–H groups in total. The van der Waals surface area contributed by atoms with Gasteiger partial charge in [0.2, 0.25) is 0 Å². The Morgan fingerprint density at radius 2 is 2.00 bits per heavy atom. The Bertz CT molecular complexity index is 1060. The molecule has 134 valence electrons. The SMILES string of the molecule is CCn1c(=O)c(C(=O)Nc2ccc(Cl)cc2OC)c(O)c2ccccc21. The molecule has 0 bridgehead atoms. The van der Waals surface area contributed by atoms with E-state index in [2.05, 4.69) is 5.32 Å². The number of rotatable bonds is 4. The summed E-state index contributed by atoms with van der Waals surface area (Å²) in [6.45, 7) is 2.17. The first-order valence-electron chi connectivity index (χ1n) is 7.97. The lowest BCUT2D eigenvalue weighted by molar-refractivity contribution is 0.102. The lowest BCUT2D eigenvalue weighted by Gasteiger charge is -2.14. The number of benzene rings is 2. The number of hydrogen-bond donors (Lipinski definition) is 2. The van der Waals surface area contributed by atoms with Crippen molar-refractivity contribution in [3.63, 3.8) is 0 Å². The second-order valence-electron chi connectivity index (χ2n) is 5.59. The summed E-state index contributed by atoms with van der Waals surface area (Å²) in [6, 6.07) is 11.6. The number of anilines is 1. The summed E-state index contributed by atoms with van der Waals surface area (Å²) in [4.78, 5) is 25.5. The third-order valence-electron chi connectivity index (χ3n) is 4.10. The summed E-state index contributed by atoms with van der Waals surface area (Å²) in [5.74, 6) is -0.719. The lowest BCUT2D eigenvalue weighted by atomic mass is 10.1. The van der Waals surface area contributed by atoms with E-state index in [-0.39, 0.29) is 11.3 Å². The van der Waals surface area contributed by atoms with Crippen LogP contribution in [0.2, 0.25) is 5.02 Å². The average molecular weight is 373 g/mol. The zero-order valence-corrected chi connectivity index (χ0v) is 15.0. The molecule has 26 heavy (non-hydrogen) atoms. The molecule has 1 heterocycles. The maximum atomic E-state index is 12.8. The Morgan fingerprint density at radius 3 is 2.69 bits per heavy atom. The van der Waals surface area contributed by atoms with E-state index in [1.54, 1.807) is 49.4 Å². The van der Waals surface area contributed by atoms with Crippen LogP contribution >= 0.6 is 11.6 Å². The molecular weight excluding hydrogens is 356 g/mol. The van der Waals surface area contributed by atoms with Gasteiger partial charge in [0.15, 0.2) is 0 Å². The predicted molar refractivity (Wildman–Crippen MR) is 102 cm³/mol. The van der Waals surface area contributed by atoms with Crippen molar-refractivity contribution in [3.05, 3.63) is 63.4 Å². The van der Waals surface area contributed by atoms with E-state index in [1.807, 2.05) is 0 Å². The van der Waals surface area contributed by atoms with Crippen LogP contribution in [0.1, 0.15) is 17.3 Å². The molecule has 0 aliphatic heterocycles. The minimum Gasteiger partial charge on any atom is -0.506 e. The van der Waals surface area contributed by atoms with Crippen LogP contribution in [0.5, 0.6) is 11.5 Å². The maximum absolute atomic E-state index is 12.8. The minimum atomic E-state index is -0.721. The predicted octanol–water partition coefficient (Wildman–Crippen LogP) is 3.64. The van der Waals surface area contributed by atoms with E-state index < -0.39 is 11.5 Å². The molecule has 0 saturated carbocycles. The quantitative estimate of drug-likeness (QED) is 0.732. The first kappa shape index (κ1) is 17.8. The number of nitrogens with zero attached hydrogens (tertiary/aromatic N) is 1. The summed E-state index contributed by atoms with van der Waals surface area (Å²) in [7, 11) is 1.44. The van der Waals surface area contributed by atoms with Crippen molar-refractivity contribution >= 4 is 34.1 Å². The molecule has 2 aromatic carbocycles. The Kier molecular flexibility index (Phi) is 4.86. The van der Waals surface area contributed by atoms with Crippen molar-refractivity contribution in [2.45, 2.75) is 13.5 Å². The van der Waals surface area contributed by atoms with E-state index in [0.29, 0.717) is 33.9 Å². The highest BCUT2D eigenvalue weighted by atomic mass is 35.5. The van der Waals surface area contributed by atoms with Crippen LogP contribution in [-0.4, -0.2) is 22.7 Å². The largest absolute Gasteiger partial charge is 0.506 e. The number of methoxy groups -OCH3 is 1. The van der Waals surface area contributed by atoms with Crippen LogP contribution in [-0.2, 0) is 6.54 Å². The van der Waals surface area contributed by atoms with E-state index in [0.717, 1.165) is 0 Å². The first-order valence-corrected chi connectivity index (χ1v) is 8.35. The molecule has 3 aromatic rings. The zero-order valence-electron chi connectivity index (χ0n) is 14.2. The number of hydrogen-bond acceptors (Lipinski definition) is 4. The number of aromatic nitrogens is 1. The van der Waals surface area contributed by atoms with Gasteiger partial charge in [-0.3, -0.25) is 9.59 Å². The van der Waals surface area contributed by atoms with Crippen molar-refractivity contribution in [2.24, 2.45) is 0 Å². The molecule has 0 aliphatic rings. The number of amides is 1. The number of nitrogens with one attached hydrogen (secondary N) is 1. The van der Waals surface area contributed by atoms with Gasteiger partial charge in [-0.2, -0.15) is 0 Å². The number of aryl methyl sites for hydroxylation is 1. The van der Waals surface area contributed by atoms with Gasteiger partial charge in [-0.15, -0.1) is 0 Å². The van der Waals surface area contributed by atoms with Crippen molar-refractivity contribution in [3.8, 4) is 11.5 Å². The zero-order chi connectivity index (χ0) is 18.8. The average Bonchev–Trinajstić information content (AvgIpc) is 2.63. The summed E-state index contributed by atoms with van der Waals surface area (Å²) in [6.07, 6.45) is 0. The molecule has 0 unspecified atom stereocenters. The van der Waals surface area contributed by atoms with E-state index >= 15 is 0 Å². The van der Waals surface area contributed by atoms with Crippen LogP contribution in [0.15, 0.2) is 47.3 Å². The number of pyridine rings is 1. The highest BCUT2D eigenvalue weighted by Gasteiger charge is 2.22. The maximum Gasteiger partial charge on any atom is 0.267 e. The minimum absolute atomic E-state index is 0.317. The summed E-state index contributed by atoms with van der Waals surface area (Å²) in [5.41, 5.74) is 0.0340. The van der Waals surface area contributed by atoms with Gasteiger partial charge < -0.3 is 19.7 Å². The third kappa shape index (κ3) is 2.99. The topological polar surface area (TPSA) is 80.6 Å². The van der Waals surface area contributed by atoms with Crippen molar-refractivity contribution < 1.29 is 14.6 Å². The van der Waals surface area contributed by atoms with E-state index in [1.165, 1.54) is 11.7 Å². The monoisotopic (exact) mass is 372 g/mol. The normalized spacial score (nSPS) is 10.7. The number of carbonyl (C=O) groups excluding carboxylic acids is 1. The van der Waals surface area contributed by atoms with Crippen molar-refractivity contribution in [1.29, 1.82) is 0 Å². The van der Waals surface area contributed by atoms with Gasteiger partial charge in [0.1, 0.15) is 17.1 Å². The van der Waals surface area contributed by atoms with Gasteiger partial charge in [0.05, 0.1) is 18.3 Å². The van der Waals surface area contributed by atoms with Crippen LogP contribution in [0.3, 0.4) is 0 Å². The summed E-state index contributed by atoms with van der Waals surface area (Å²) in [5, 5.41) is 14.0. The lowest BCUT2D eigenvalue weighted by Crippen LogP contribution is -2.29. The van der Waals surface area contributed by atoms with Gasteiger partial charge in [0.25, 0.3) is 11.5 Å². The fourth-order valence-electron chi connectivity index (χ4n) is 2.86. The second-order valence-corrected chi connectivity index (χ2v) is 6.03. The highest BCUT2D eigenvalue weighted by Crippen LogP contribution is 2.30. The van der Waals surface area contributed by atoms with Crippen LogP contribution in [0, 0.1) is 0 Å². The van der Waals surface area contributed by atoms with E-state index in [9.17, 15) is 14.7 Å². The van der Waals surface area contributed by atoms with Crippen LogP contribution in [0.25, 0.3) is 10.9 Å². The van der Waals surface area contributed by atoms with Gasteiger partial charge >= 0.3 is 0 Å². The number of carbonyl (C=O) groups is 1. The van der Waals surface area contributed by atoms with E-state index in [4.69, 9.17) is 16.3 Å². The molecule has 0 fully saturated rings. The molecule has 6 nitrogen and oxygen atoms in total. The van der Waals surface area contributed by atoms with Gasteiger partial charge in [0, 0.05) is 23.0 Å². The van der Waals surface area contributed by atoms with Gasteiger partial charge in [-0.05, 0) is 31.2 Å². The smallest absolute Gasteiger partial charge is 0.267 e. The molecule has 0 radical (unpaired) electrons. The van der Waals surface area contributed by atoms with Crippen LogP contribution < -0.4 is 15.6 Å². The molecule has 0 spiro atoms. The molecule has 0 atom stereocenters. The Labute approximate surface area is 154 Å². The highest BCUT2D eigenvalue weighted by molar-refractivity contribution is 6.30. The second kappa shape index (κ2) is 7.09. The molecule has 1 amide bonds. The van der Waals surface area contributed by atoms with Crippen LogP contribution in [0.4, 0.5) is 5.69 Å². The summed E-state index contributed by atoms with van der Waals surface area (Å²) < 4.78 is 6.64. The van der Waals surface area contributed by atoms with Gasteiger partial charge in [-0.25, -0.2) is 0 Å². The number of para-hydroxylation sites is 1. The molecule has 1 aromatic heterocycles. The third-order valence-corrected chi connectivity index (χ3v) is 4.34. The number of aromatic hydroxyl groups is 1. The number of halogens is 1. The molecule has 3 rings (SSSR count). The van der Waals surface area contributed by atoms with Gasteiger partial charge in [-0.1, -0.05) is 23.7 Å². The molecule has 7 heteroatoms. The number of ether oxygens (including phenoxy) is 1. The Morgan fingerprint density at radius 1 is 1.27 bits per heavy atom. The molecular formula is C19H17ClN2O4. The van der Waals surface area contributed by atoms with Crippen molar-refractivity contribution in [2.75, 3.05) is 12.4 Å². The fraction of sp³-hybridized carbons (Fsp3) is 0.158.